The van der Waals surface area contributed by atoms with Crippen LogP contribution < -0.4 is 10.1 Å². The molecular weight excluding hydrogens is 400 g/mol. The highest BCUT2D eigenvalue weighted by Gasteiger charge is 2.29. The molecule has 152 valence electrons. The lowest BCUT2D eigenvalue weighted by Gasteiger charge is -2.25. The van der Waals surface area contributed by atoms with Gasteiger partial charge in [0.2, 0.25) is 0 Å². The van der Waals surface area contributed by atoms with Crippen LogP contribution in [0.5, 0.6) is 5.75 Å². The summed E-state index contributed by atoms with van der Waals surface area (Å²) in [4.78, 5) is 28.7. The van der Waals surface area contributed by atoms with Crippen LogP contribution in [0.25, 0.3) is 0 Å². The number of esters is 1. The summed E-state index contributed by atoms with van der Waals surface area (Å²) >= 11 is 1.46. The van der Waals surface area contributed by atoms with Gasteiger partial charge in [0.25, 0.3) is 5.91 Å². The van der Waals surface area contributed by atoms with Crippen LogP contribution in [-0.2, 0) is 17.7 Å². The number of fused-ring (bicyclic) bond motifs is 1. The second-order valence-electron chi connectivity index (χ2n) is 6.23. The van der Waals surface area contributed by atoms with Gasteiger partial charge in [-0.05, 0) is 43.7 Å². The number of hydrogen-bond donors (Lipinski definition) is 1. The van der Waals surface area contributed by atoms with Crippen molar-refractivity contribution in [1.29, 1.82) is 0 Å². The first-order chi connectivity index (χ1) is 13.1. The van der Waals surface area contributed by atoms with E-state index in [0.717, 1.165) is 36.5 Å². The van der Waals surface area contributed by atoms with Gasteiger partial charge in [0.15, 0.2) is 0 Å². The third-order valence-corrected chi connectivity index (χ3v) is 5.75. The molecule has 2 aromatic rings. The number of rotatable bonds is 6. The van der Waals surface area contributed by atoms with Crippen LogP contribution in [0.4, 0.5) is 5.00 Å². The Morgan fingerprint density at radius 2 is 2.07 bits per heavy atom. The monoisotopic (exact) mass is 424 g/mol. The maximum Gasteiger partial charge on any atom is 0.341 e. The van der Waals surface area contributed by atoms with Crippen molar-refractivity contribution in [3.05, 3.63) is 45.8 Å². The molecule has 1 aliphatic heterocycles. The van der Waals surface area contributed by atoms with Crippen molar-refractivity contribution >= 4 is 40.6 Å². The number of halogens is 1. The molecule has 28 heavy (non-hydrogen) atoms. The van der Waals surface area contributed by atoms with Gasteiger partial charge in [-0.25, -0.2) is 4.79 Å². The van der Waals surface area contributed by atoms with E-state index in [0.29, 0.717) is 28.5 Å². The van der Waals surface area contributed by atoms with Gasteiger partial charge in [0.05, 0.1) is 19.3 Å². The van der Waals surface area contributed by atoms with Crippen molar-refractivity contribution in [2.45, 2.75) is 26.8 Å². The summed E-state index contributed by atoms with van der Waals surface area (Å²) in [7, 11) is 1.56. The van der Waals surface area contributed by atoms with Crippen molar-refractivity contribution in [1.82, 2.24) is 4.90 Å². The molecule has 3 rings (SSSR count). The van der Waals surface area contributed by atoms with Crippen molar-refractivity contribution < 1.29 is 19.1 Å². The zero-order chi connectivity index (χ0) is 19.4. The zero-order valence-corrected chi connectivity index (χ0v) is 17.9. The number of likely N-dealkylation sites (N-methyl/N-ethyl adjacent to an activating group) is 1. The molecule has 1 aromatic heterocycles. The van der Waals surface area contributed by atoms with Crippen molar-refractivity contribution in [2.24, 2.45) is 0 Å². The van der Waals surface area contributed by atoms with Gasteiger partial charge in [-0.15, -0.1) is 23.7 Å². The van der Waals surface area contributed by atoms with Crippen LogP contribution in [0.1, 0.15) is 45.0 Å². The van der Waals surface area contributed by atoms with Gasteiger partial charge in [-0.3, -0.25) is 9.69 Å². The Hall–Kier alpha value is -2.09. The molecule has 1 amide bonds. The molecule has 0 aliphatic carbocycles. The lowest BCUT2D eigenvalue weighted by Crippen LogP contribution is -2.30. The molecule has 0 saturated carbocycles. The van der Waals surface area contributed by atoms with Crippen molar-refractivity contribution in [3.8, 4) is 5.75 Å². The Balaban J connectivity index is 0.00000280. The van der Waals surface area contributed by atoms with Crippen LogP contribution in [0.3, 0.4) is 0 Å². The molecule has 1 aromatic carbocycles. The van der Waals surface area contributed by atoms with E-state index >= 15 is 0 Å². The van der Waals surface area contributed by atoms with Crippen LogP contribution >= 0.6 is 23.7 Å². The van der Waals surface area contributed by atoms with E-state index in [1.165, 1.54) is 11.3 Å². The van der Waals surface area contributed by atoms with Gasteiger partial charge in [0, 0.05) is 23.5 Å². The average Bonchev–Trinajstić information content (AvgIpc) is 3.04. The summed E-state index contributed by atoms with van der Waals surface area (Å²) in [6, 6.07) is 6.93. The highest BCUT2D eigenvalue weighted by Crippen LogP contribution is 2.38. The predicted molar refractivity (Wildman–Crippen MR) is 113 cm³/mol. The molecule has 1 aliphatic rings. The fraction of sp³-hybridized carbons (Fsp3) is 0.400. The zero-order valence-electron chi connectivity index (χ0n) is 16.2. The number of carbonyl (C=O) groups is 2. The van der Waals surface area contributed by atoms with Crippen LogP contribution in [-0.4, -0.2) is 43.6 Å². The minimum absolute atomic E-state index is 0. The van der Waals surface area contributed by atoms with Gasteiger partial charge in [-0.1, -0.05) is 13.0 Å². The maximum atomic E-state index is 12.7. The number of hydrogen-bond acceptors (Lipinski definition) is 6. The van der Waals surface area contributed by atoms with Crippen molar-refractivity contribution in [2.75, 3.05) is 32.1 Å². The average molecular weight is 425 g/mol. The Bertz CT molecular complexity index is 853. The third kappa shape index (κ3) is 4.66. The van der Waals surface area contributed by atoms with Crippen molar-refractivity contribution in [3.63, 3.8) is 0 Å². The topological polar surface area (TPSA) is 67.9 Å². The van der Waals surface area contributed by atoms with Gasteiger partial charge in [-0.2, -0.15) is 0 Å². The maximum absolute atomic E-state index is 12.7. The quantitative estimate of drug-likeness (QED) is 0.710. The molecule has 8 heteroatoms. The van der Waals surface area contributed by atoms with E-state index in [4.69, 9.17) is 9.47 Å². The fourth-order valence-electron chi connectivity index (χ4n) is 3.17. The summed E-state index contributed by atoms with van der Waals surface area (Å²) in [5, 5.41) is 3.47. The molecule has 1 N–H and O–H groups in total. The standard InChI is InChI=1S/C20H24N2O4S.ClH/c1-4-22-10-9-15-16(12-22)27-19(17(15)20(24)26-5-2)21-18(23)13-7-6-8-14(11-13)25-3;/h6-8,11H,4-5,9-10,12H2,1-3H3,(H,21,23);1H. The summed E-state index contributed by atoms with van der Waals surface area (Å²) in [6.07, 6.45) is 0.781. The number of amides is 1. The first-order valence-electron chi connectivity index (χ1n) is 9.06. The van der Waals surface area contributed by atoms with E-state index in [9.17, 15) is 9.59 Å². The summed E-state index contributed by atoms with van der Waals surface area (Å²) in [5.41, 5.74) is 1.98. The molecule has 0 atom stereocenters. The van der Waals surface area contributed by atoms with Gasteiger partial charge >= 0.3 is 5.97 Å². The largest absolute Gasteiger partial charge is 0.497 e. The van der Waals surface area contributed by atoms with Crippen LogP contribution in [0.2, 0.25) is 0 Å². The number of nitrogens with one attached hydrogen (secondary N) is 1. The summed E-state index contributed by atoms with van der Waals surface area (Å²) in [5.74, 6) is -0.0383. The molecule has 2 heterocycles. The van der Waals surface area contributed by atoms with Crippen LogP contribution in [0.15, 0.2) is 24.3 Å². The minimum atomic E-state index is -0.374. The van der Waals surface area contributed by atoms with E-state index in [-0.39, 0.29) is 24.3 Å². The molecule has 0 spiro atoms. The lowest BCUT2D eigenvalue weighted by atomic mass is 10.0. The number of ether oxygens (including phenoxy) is 2. The summed E-state index contributed by atoms with van der Waals surface area (Å²) < 4.78 is 10.4. The number of thiophene rings is 1. The fourth-order valence-corrected chi connectivity index (χ4v) is 4.45. The molecule has 0 radical (unpaired) electrons. The third-order valence-electron chi connectivity index (χ3n) is 4.62. The highest BCUT2D eigenvalue weighted by atomic mass is 35.5. The van der Waals surface area contributed by atoms with E-state index in [2.05, 4.69) is 17.1 Å². The molecule has 0 fully saturated rings. The molecular formula is C20H25ClN2O4S. The molecule has 6 nitrogen and oxygen atoms in total. The first kappa shape index (κ1) is 22.2. The highest BCUT2D eigenvalue weighted by molar-refractivity contribution is 7.17. The van der Waals surface area contributed by atoms with Crippen LogP contribution in [0, 0.1) is 0 Å². The number of benzene rings is 1. The summed E-state index contributed by atoms with van der Waals surface area (Å²) in [6.45, 7) is 6.85. The second kappa shape index (κ2) is 9.91. The van der Waals surface area contributed by atoms with Gasteiger partial charge in [0.1, 0.15) is 10.8 Å². The first-order valence-corrected chi connectivity index (χ1v) is 9.88. The Kier molecular flexibility index (Phi) is 7.86. The lowest BCUT2D eigenvalue weighted by molar-refractivity contribution is 0.0526. The smallest absolute Gasteiger partial charge is 0.341 e. The minimum Gasteiger partial charge on any atom is -0.497 e. The van der Waals surface area contributed by atoms with E-state index in [1.54, 1.807) is 38.3 Å². The second-order valence-corrected chi connectivity index (χ2v) is 7.34. The molecule has 0 bridgehead atoms. The number of carbonyl (C=O) groups excluding carboxylic acids is 2. The number of methoxy groups -OCH3 is 1. The van der Waals surface area contributed by atoms with E-state index in [1.807, 2.05) is 0 Å². The van der Waals surface area contributed by atoms with E-state index < -0.39 is 0 Å². The molecule has 0 saturated heterocycles. The SMILES string of the molecule is CCOC(=O)c1c(NC(=O)c2cccc(OC)c2)sc2c1CCN(CC)C2.Cl. The molecule has 0 unspecified atom stereocenters. The number of anilines is 1. The Morgan fingerprint density at radius 3 is 2.75 bits per heavy atom. The normalized spacial score (nSPS) is 13.2. The predicted octanol–water partition coefficient (Wildman–Crippen LogP) is 3.99. The Morgan fingerprint density at radius 1 is 1.29 bits per heavy atom. The van der Waals surface area contributed by atoms with Gasteiger partial charge < -0.3 is 14.8 Å². The Labute approximate surface area is 175 Å². The number of nitrogens with zero attached hydrogens (tertiary/aromatic N) is 1.